The van der Waals surface area contributed by atoms with Crippen molar-refractivity contribution in [2.45, 2.75) is 19.8 Å². The molecule has 0 bridgehead atoms. The molecule has 0 aliphatic heterocycles. The summed E-state index contributed by atoms with van der Waals surface area (Å²) in [5, 5.41) is 0. The number of unbranched alkanes of at least 4 members (excludes halogenated alkanes) is 1. The van der Waals surface area contributed by atoms with Crippen LogP contribution in [0, 0.1) is 6.08 Å². The Morgan fingerprint density at radius 3 is 3.18 bits per heavy atom. The van der Waals surface area contributed by atoms with Crippen molar-refractivity contribution < 1.29 is 0 Å². The second-order valence-corrected chi connectivity index (χ2v) is 2.38. The lowest BCUT2D eigenvalue weighted by Crippen LogP contribution is -1.74. The van der Waals surface area contributed by atoms with Crippen LogP contribution in [0.1, 0.15) is 25.3 Å². The van der Waals surface area contributed by atoms with E-state index in [4.69, 9.17) is 0 Å². The van der Waals surface area contributed by atoms with Crippen LogP contribution in [0.4, 0.5) is 0 Å². The van der Waals surface area contributed by atoms with Gasteiger partial charge in [-0.05, 0) is 18.6 Å². The van der Waals surface area contributed by atoms with E-state index in [-0.39, 0.29) is 0 Å². The molecule has 0 aliphatic carbocycles. The first kappa shape index (κ1) is 7.99. The summed E-state index contributed by atoms with van der Waals surface area (Å²) < 4.78 is 0. The maximum atomic E-state index is 3.98. The molecule has 11 heavy (non-hydrogen) atoms. The summed E-state index contributed by atoms with van der Waals surface area (Å²) >= 11 is 0. The second-order valence-electron chi connectivity index (χ2n) is 2.38. The standard InChI is InChI=1S/C10H12N/c1-2-3-4-6-10-7-5-8-11-9-10/h4-5,7-9H,2-3H2,1H3. The van der Waals surface area contributed by atoms with Crippen LogP contribution in [-0.2, 0) is 0 Å². The number of aromatic nitrogens is 1. The van der Waals surface area contributed by atoms with E-state index in [1.54, 1.807) is 6.20 Å². The van der Waals surface area contributed by atoms with E-state index >= 15 is 0 Å². The lowest BCUT2D eigenvalue weighted by Gasteiger charge is -1.88. The SMILES string of the molecule is CCC/C=[C]/c1cccnc1. The van der Waals surface area contributed by atoms with Gasteiger partial charge in [0, 0.05) is 18.0 Å². The Labute approximate surface area is 67.8 Å². The van der Waals surface area contributed by atoms with E-state index < -0.39 is 0 Å². The largest absolute Gasteiger partial charge is 0.264 e. The number of allylic oxidation sites excluding steroid dienone is 1. The van der Waals surface area contributed by atoms with Crippen LogP contribution in [0.25, 0.3) is 0 Å². The first-order valence-electron chi connectivity index (χ1n) is 3.91. The Kier molecular flexibility index (Phi) is 3.39. The van der Waals surface area contributed by atoms with Crippen molar-refractivity contribution in [3.8, 4) is 0 Å². The van der Waals surface area contributed by atoms with E-state index in [0.717, 1.165) is 12.0 Å². The van der Waals surface area contributed by atoms with Crippen LogP contribution in [0.5, 0.6) is 0 Å². The van der Waals surface area contributed by atoms with Gasteiger partial charge in [0.1, 0.15) is 0 Å². The average molecular weight is 146 g/mol. The van der Waals surface area contributed by atoms with Crippen molar-refractivity contribution in [2.24, 2.45) is 0 Å². The van der Waals surface area contributed by atoms with Gasteiger partial charge in [-0.25, -0.2) is 0 Å². The van der Waals surface area contributed by atoms with Gasteiger partial charge in [0.15, 0.2) is 0 Å². The minimum absolute atomic E-state index is 1.06. The van der Waals surface area contributed by atoms with E-state index in [2.05, 4.69) is 24.1 Å². The van der Waals surface area contributed by atoms with Crippen molar-refractivity contribution in [2.75, 3.05) is 0 Å². The number of nitrogens with zero attached hydrogens (tertiary/aromatic N) is 1. The van der Waals surface area contributed by atoms with Crippen LogP contribution >= 0.6 is 0 Å². The predicted molar refractivity (Wildman–Crippen MR) is 46.1 cm³/mol. The predicted octanol–water partition coefficient (Wildman–Crippen LogP) is 2.59. The van der Waals surface area contributed by atoms with Crippen molar-refractivity contribution in [3.05, 3.63) is 42.2 Å². The molecule has 1 heterocycles. The highest BCUT2D eigenvalue weighted by Crippen LogP contribution is 1.97. The summed E-state index contributed by atoms with van der Waals surface area (Å²) in [6.45, 7) is 2.15. The molecule has 57 valence electrons. The summed E-state index contributed by atoms with van der Waals surface area (Å²) in [6.07, 6.45) is 11.1. The van der Waals surface area contributed by atoms with Crippen LogP contribution in [0.15, 0.2) is 30.6 Å². The monoisotopic (exact) mass is 146 g/mol. The minimum atomic E-state index is 1.06. The summed E-state index contributed by atoms with van der Waals surface area (Å²) in [5.41, 5.74) is 1.06. The zero-order valence-electron chi connectivity index (χ0n) is 6.75. The first-order valence-corrected chi connectivity index (χ1v) is 3.91. The summed E-state index contributed by atoms with van der Waals surface area (Å²) in [6, 6.07) is 3.92. The average Bonchev–Trinajstić information content (AvgIpc) is 2.07. The Bertz CT molecular complexity index is 214. The van der Waals surface area contributed by atoms with Crippen LogP contribution in [0.3, 0.4) is 0 Å². The van der Waals surface area contributed by atoms with Crippen LogP contribution < -0.4 is 0 Å². The van der Waals surface area contributed by atoms with Gasteiger partial charge in [0.25, 0.3) is 0 Å². The molecule has 0 atom stereocenters. The Morgan fingerprint density at radius 1 is 1.64 bits per heavy atom. The molecule has 0 aromatic carbocycles. The third kappa shape index (κ3) is 2.99. The number of rotatable bonds is 3. The van der Waals surface area contributed by atoms with Gasteiger partial charge in [-0.3, -0.25) is 4.98 Å². The fraction of sp³-hybridized carbons (Fsp3) is 0.300. The van der Waals surface area contributed by atoms with E-state index in [1.807, 2.05) is 18.3 Å². The van der Waals surface area contributed by atoms with Crippen molar-refractivity contribution in [3.63, 3.8) is 0 Å². The molecule has 1 aromatic heterocycles. The normalized spacial score (nSPS) is 10.6. The highest BCUT2D eigenvalue weighted by molar-refractivity contribution is 5.16. The van der Waals surface area contributed by atoms with Crippen molar-refractivity contribution >= 4 is 0 Å². The zero-order valence-corrected chi connectivity index (χ0v) is 6.75. The van der Waals surface area contributed by atoms with Gasteiger partial charge in [-0.2, -0.15) is 0 Å². The van der Waals surface area contributed by atoms with Gasteiger partial charge in [0.2, 0.25) is 0 Å². The van der Waals surface area contributed by atoms with E-state index in [9.17, 15) is 0 Å². The van der Waals surface area contributed by atoms with Gasteiger partial charge in [-0.15, -0.1) is 0 Å². The van der Waals surface area contributed by atoms with Gasteiger partial charge < -0.3 is 0 Å². The van der Waals surface area contributed by atoms with Crippen molar-refractivity contribution in [1.29, 1.82) is 0 Å². The smallest absolute Gasteiger partial charge is 0.0346 e. The van der Waals surface area contributed by atoms with E-state index in [0.29, 0.717) is 0 Å². The fourth-order valence-electron chi connectivity index (χ4n) is 0.782. The van der Waals surface area contributed by atoms with Crippen LogP contribution in [0.2, 0.25) is 0 Å². The molecule has 1 rings (SSSR count). The summed E-state index contributed by atoms with van der Waals surface area (Å²) in [5.74, 6) is 0. The molecular weight excluding hydrogens is 134 g/mol. The lowest BCUT2D eigenvalue weighted by molar-refractivity contribution is 0.955. The summed E-state index contributed by atoms with van der Waals surface area (Å²) in [4.78, 5) is 3.98. The molecule has 0 saturated carbocycles. The minimum Gasteiger partial charge on any atom is -0.264 e. The first-order chi connectivity index (χ1) is 5.43. The Morgan fingerprint density at radius 2 is 2.55 bits per heavy atom. The highest BCUT2D eigenvalue weighted by Gasteiger charge is 1.82. The zero-order chi connectivity index (χ0) is 7.94. The molecule has 0 N–H and O–H groups in total. The molecule has 1 radical (unpaired) electrons. The van der Waals surface area contributed by atoms with Gasteiger partial charge in [-0.1, -0.05) is 25.5 Å². The molecule has 0 spiro atoms. The topological polar surface area (TPSA) is 12.9 Å². The van der Waals surface area contributed by atoms with Gasteiger partial charge >= 0.3 is 0 Å². The molecular formula is C10H12N. The van der Waals surface area contributed by atoms with Crippen LogP contribution in [-0.4, -0.2) is 4.98 Å². The molecule has 1 aromatic rings. The summed E-state index contributed by atoms with van der Waals surface area (Å²) in [7, 11) is 0. The highest BCUT2D eigenvalue weighted by atomic mass is 14.6. The number of pyridine rings is 1. The lowest BCUT2D eigenvalue weighted by atomic mass is 10.2. The molecule has 0 unspecified atom stereocenters. The van der Waals surface area contributed by atoms with E-state index in [1.165, 1.54) is 6.42 Å². The quantitative estimate of drug-likeness (QED) is 0.638. The number of hydrogen-bond acceptors (Lipinski definition) is 1. The molecule has 0 amide bonds. The maximum Gasteiger partial charge on any atom is 0.0346 e. The maximum absolute atomic E-state index is 3.98. The molecule has 1 nitrogen and oxygen atoms in total. The van der Waals surface area contributed by atoms with Gasteiger partial charge in [0.05, 0.1) is 0 Å². The fourth-order valence-corrected chi connectivity index (χ4v) is 0.782. The third-order valence-corrected chi connectivity index (χ3v) is 1.36. The molecule has 0 aliphatic rings. The Hall–Kier alpha value is -1.11. The third-order valence-electron chi connectivity index (χ3n) is 1.36. The second kappa shape index (κ2) is 4.67. The Balaban J connectivity index is 2.50. The number of hydrogen-bond donors (Lipinski definition) is 0. The molecule has 0 saturated heterocycles. The molecule has 1 heteroatoms. The molecule has 0 fully saturated rings. The van der Waals surface area contributed by atoms with Crippen molar-refractivity contribution in [1.82, 2.24) is 4.98 Å².